The van der Waals surface area contributed by atoms with Crippen LogP contribution in [0.15, 0.2) is 42.5 Å². The number of carbonyl (C=O) groups is 1. The van der Waals surface area contributed by atoms with E-state index in [1.807, 2.05) is 0 Å². The van der Waals surface area contributed by atoms with Crippen LogP contribution in [0.4, 0.5) is 10.1 Å². The van der Waals surface area contributed by atoms with E-state index in [0.717, 1.165) is 12.1 Å². The molecule has 2 aromatic rings. The van der Waals surface area contributed by atoms with Gasteiger partial charge in [0.15, 0.2) is 0 Å². The number of phenolic OH excluding ortho intramolecular Hbond substituents is 1. The topological polar surface area (TPSA) is 69.6 Å². The van der Waals surface area contributed by atoms with Gasteiger partial charge in [-0.1, -0.05) is 12.1 Å². The van der Waals surface area contributed by atoms with E-state index in [1.165, 1.54) is 6.07 Å². The maximum absolute atomic E-state index is 12.9. The van der Waals surface area contributed by atoms with Gasteiger partial charge in [0.25, 0.3) is 5.91 Å². The smallest absolute Gasteiger partial charge is 0.259 e. The first-order valence-electron chi connectivity index (χ1n) is 6.05. The summed E-state index contributed by atoms with van der Waals surface area (Å²) in [4.78, 5) is 12.0. The number of phenols is 1. The van der Waals surface area contributed by atoms with Gasteiger partial charge < -0.3 is 15.5 Å². The molecule has 1 amide bonds. The summed E-state index contributed by atoms with van der Waals surface area (Å²) in [5.41, 5.74) is 1.12. The number of hydrogen-bond donors (Lipinski definition) is 3. The van der Waals surface area contributed by atoms with Crippen molar-refractivity contribution in [1.29, 1.82) is 0 Å². The summed E-state index contributed by atoms with van der Waals surface area (Å²) in [6, 6.07) is 9.89. The Labute approximate surface area is 115 Å². The first kappa shape index (κ1) is 14.0. The summed E-state index contributed by atoms with van der Waals surface area (Å²) in [6.07, 6.45) is -0.647. The molecular weight excluding hydrogens is 261 g/mol. The number of aliphatic hydroxyl groups is 1. The number of amides is 1. The van der Waals surface area contributed by atoms with Crippen molar-refractivity contribution in [2.24, 2.45) is 0 Å². The van der Waals surface area contributed by atoms with Gasteiger partial charge in [-0.05, 0) is 36.8 Å². The van der Waals surface area contributed by atoms with Gasteiger partial charge in [0.2, 0.25) is 0 Å². The number of halogens is 1. The van der Waals surface area contributed by atoms with E-state index in [4.69, 9.17) is 0 Å². The zero-order chi connectivity index (χ0) is 14.7. The number of anilines is 1. The molecule has 2 rings (SSSR count). The second-order valence-corrected chi connectivity index (χ2v) is 4.42. The number of hydrogen-bond acceptors (Lipinski definition) is 3. The third-order valence-electron chi connectivity index (χ3n) is 2.83. The molecule has 0 fully saturated rings. The van der Waals surface area contributed by atoms with E-state index < -0.39 is 23.6 Å². The third-order valence-corrected chi connectivity index (χ3v) is 2.83. The number of aromatic hydroxyl groups is 1. The van der Waals surface area contributed by atoms with Gasteiger partial charge in [0.05, 0.1) is 11.7 Å². The van der Waals surface area contributed by atoms with Crippen molar-refractivity contribution < 1.29 is 19.4 Å². The minimum Gasteiger partial charge on any atom is -0.507 e. The van der Waals surface area contributed by atoms with Crippen molar-refractivity contribution in [2.45, 2.75) is 13.0 Å². The van der Waals surface area contributed by atoms with E-state index in [2.05, 4.69) is 5.32 Å². The summed E-state index contributed by atoms with van der Waals surface area (Å²) < 4.78 is 12.9. The molecule has 0 aliphatic carbocycles. The minimum atomic E-state index is -0.647. The summed E-state index contributed by atoms with van der Waals surface area (Å²) >= 11 is 0. The Hall–Kier alpha value is -2.40. The van der Waals surface area contributed by atoms with E-state index in [1.54, 1.807) is 31.2 Å². The fourth-order valence-electron chi connectivity index (χ4n) is 1.77. The highest BCUT2D eigenvalue weighted by Gasteiger charge is 2.12. The SMILES string of the molecule is CC(O)c1cccc(NC(=O)c2ccc(F)cc2O)c1. The van der Waals surface area contributed by atoms with Crippen molar-refractivity contribution in [1.82, 2.24) is 0 Å². The maximum atomic E-state index is 12.9. The average Bonchev–Trinajstić information content (AvgIpc) is 2.38. The van der Waals surface area contributed by atoms with E-state index in [9.17, 15) is 19.4 Å². The van der Waals surface area contributed by atoms with Gasteiger partial charge in [0.1, 0.15) is 11.6 Å². The van der Waals surface area contributed by atoms with Gasteiger partial charge in [-0.3, -0.25) is 4.79 Å². The first-order chi connectivity index (χ1) is 9.47. The molecule has 0 radical (unpaired) electrons. The van der Waals surface area contributed by atoms with Crippen LogP contribution in [0.25, 0.3) is 0 Å². The number of nitrogens with one attached hydrogen (secondary N) is 1. The Morgan fingerprint density at radius 2 is 2.00 bits per heavy atom. The first-order valence-corrected chi connectivity index (χ1v) is 6.05. The van der Waals surface area contributed by atoms with Crippen LogP contribution in [0.2, 0.25) is 0 Å². The molecule has 0 aromatic heterocycles. The van der Waals surface area contributed by atoms with Crippen LogP contribution < -0.4 is 5.32 Å². The summed E-state index contributed by atoms with van der Waals surface area (Å²) in [6.45, 7) is 1.62. The number of rotatable bonds is 3. The largest absolute Gasteiger partial charge is 0.507 e. The Morgan fingerprint density at radius 1 is 1.25 bits per heavy atom. The Kier molecular flexibility index (Phi) is 4.00. The maximum Gasteiger partial charge on any atom is 0.259 e. The zero-order valence-corrected chi connectivity index (χ0v) is 10.8. The zero-order valence-electron chi connectivity index (χ0n) is 10.8. The van der Waals surface area contributed by atoms with Crippen LogP contribution >= 0.6 is 0 Å². The molecule has 0 aliphatic rings. The van der Waals surface area contributed by atoms with Crippen LogP contribution in [-0.4, -0.2) is 16.1 Å². The van der Waals surface area contributed by atoms with Gasteiger partial charge in [-0.15, -0.1) is 0 Å². The van der Waals surface area contributed by atoms with E-state index in [0.29, 0.717) is 11.3 Å². The van der Waals surface area contributed by atoms with Crippen LogP contribution in [-0.2, 0) is 0 Å². The van der Waals surface area contributed by atoms with Crippen molar-refractivity contribution in [3.63, 3.8) is 0 Å². The molecule has 0 spiro atoms. The number of carbonyl (C=O) groups excluding carboxylic acids is 1. The average molecular weight is 275 g/mol. The lowest BCUT2D eigenvalue weighted by Crippen LogP contribution is -2.12. The van der Waals surface area contributed by atoms with Crippen molar-refractivity contribution in [2.75, 3.05) is 5.32 Å². The normalized spacial score (nSPS) is 11.9. The molecule has 1 unspecified atom stereocenters. The lowest BCUT2D eigenvalue weighted by atomic mass is 10.1. The third kappa shape index (κ3) is 3.13. The molecule has 3 N–H and O–H groups in total. The summed E-state index contributed by atoms with van der Waals surface area (Å²) in [7, 11) is 0. The van der Waals surface area contributed by atoms with Gasteiger partial charge in [-0.25, -0.2) is 4.39 Å². The molecule has 104 valence electrons. The highest BCUT2D eigenvalue weighted by Crippen LogP contribution is 2.21. The summed E-state index contributed by atoms with van der Waals surface area (Å²) in [5, 5.41) is 21.6. The molecular formula is C15H14FNO3. The van der Waals surface area contributed by atoms with Crippen molar-refractivity contribution in [3.05, 3.63) is 59.4 Å². The molecule has 5 heteroatoms. The van der Waals surface area contributed by atoms with Crippen molar-refractivity contribution >= 4 is 11.6 Å². The van der Waals surface area contributed by atoms with Crippen LogP contribution in [0.1, 0.15) is 28.9 Å². The fourth-order valence-corrected chi connectivity index (χ4v) is 1.77. The van der Waals surface area contributed by atoms with Gasteiger partial charge in [-0.2, -0.15) is 0 Å². The van der Waals surface area contributed by atoms with Crippen LogP contribution in [0, 0.1) is 5.82 Å². The van der Waals surface area contributed by atoms with Crippen LogP contribution in [0.5, 0.6) is 5.75 Å². The van der Waals surface area contributed by atoms with Gasteiger partial charge >= 0.3 is 0 Å². The Balaban J connectivity index is 2.21. The molecule has 0 saturated carbocycles. The predicted octanol–water partition coefficient (Wildman–Crippen LogP) is 2.84. The van der Waals surface area contributed by atoms with Crippen molar-refractivity contribution in [3.8, 4) is 5.75 Å². The lowest BCUT2D eigenvalue weighted by molar-refractivity contribution is 0.102. The van der Waals surface area contributed by atoms with E-state index >= 15 is 0 Å². The quantitative estimate of drug-likeness (QED) is 0.806. The molecule has 0 saturated heterocycles. The summed E-state index contributed by atoms with van der Waals surface area (Å²) in [5.74, 6) is -1.59. The lowest BCUT2D eigenvalue weighted by Gasteiger charge is -2.10. The molecule has 1 atom stereocenters. The highest BCUT2D eigenvalue weighted by atomic mass is 19.1. The standard InChI is InChI=1S/C15H14FNO3/c1-9(18)10-3-2-4-12(7-10)17-15(20)13-6-5-11(16)8-14(13)19/h2-9,18-19H,1H3,(H,17,20). The molecule has 0 heterocycles. The Morgan fingerprint density at radius 3 is 2.65 bits per heavy atom. The fraction of sp³-hybridized carbons (Fsp3) is 0.133. The highest BCUT2D eigenvalue weighted by molar-refractivity contribution is 6.06. The monoisotopic (exact) mass is 275 g/mol. The second kappa shape index (κ2) is 5.71. The predicted molar refractivity (Wildman–Crippen MR) is 73.1 cm³/mol. The molecule has 4 nitrogen and oxygen atoms in total. The van der Waals surface area contributed by atoms with E-state index in [-0.39, 0.29) is 5.56 Å². The number of benzene rings is 2. The molecule has 2 aromatic carbocycles. The van der Waals surface area contributed by atoms with Gasteiger partial charge in [0, 0.05) is 11.8 Å². The van der Waals surface area contributed by atoms with Crippen LogP contribution in [0.3, 0.4) is 0 Å². The molecule has 0 aliphatic heterocycles. The Bertz CT molecular complexity index is 641. The molecule has 0 bridgehead atoms. The number of aliphatic hydroxyl groups excluding tert-OH is 1. The minimum absolute atomic E-state index is 0.0196. The molecule has 20 heavy (non-hydrogen) atoms. The second-order valence-electron chi connectivity index (χ2n) is 4.42.